The Morgan fingerprint density at radius 3 is 2.44 bits per heavy atom. The van der Waals surface area contributed by atoms with Crippen molar-refractivity contribution in [1.82, 2.24) is 9.80 Å². The zero-order valence-electron chi connectivity index (χ0n) is 20.2. The number of ether oxygens (including phenoxy) is 1. The predicted molar refractivity (Wildman–Crippen MR) is 135 cm³/mol. The van der Waals surface area contributed by atoms with Gasteiger partial charge in [0.2, 0.25) is 0 Å². The summed E-state index contributed by atoms with van der Waals surface area (Å²) >= 11 is 0. The molecule has 2 saturated heterocycles. The normalized spacial score (nSPS) is 25.3. The lowest BCUT2D eigenvalue weighted by Gasteiger charge is -2.41. The Balaban J connectivity index is 1.12. The van der Waals surface area contributed by atoms with E-state index in [2.05, 4.69) is 28.0 Å². The van der Waals surface area contributed by atoms with Crippen LogP contribution >= 0.6 is 0 Å². The van der Waals surface area contributed by atoms with Gasteiger partial charge in [0.1, 0.15) is 6.61 Å². The molecule has 180 valence electrons. The van der Waals surface area contributed by atoms with Crippen molar-refractivity contribution in [2.24, 2.45) is 0 Å². The fourth-order valence-electron chi connectivity index (χ4n) is 6.77. The summed E-state index contributed by atoms with van der Waals surface area (Å²) in [5.74, 6) is 0.579. The van der Waals surface area contributed by atoms with Crippen LogP contribution in [0.5, 0.6) is 0 Å². The van der Waals surface area contributed by atoms with Crippen molar-refractivity contribution in [3.63, 3.8) is 0 Å². The first-order valence-electron chi connectivity index (χ1n) is 13.4. The van der Waals surface area contributed by atoms with E-state index in [9.17, 15) is 4.79 Å². The van der Waals surface area contributed by atoms with Crippen molar-refractivity contribution in [3.05, 3.63) is 65.2 Å². The molecule has 2 bridgehead atoms. The number of carbonyl (C=O) groups excluding carboxylic acids is 1. The molecule has 0 aromatic heterocycles. The number of fused-ring (bicyclic) bond motifs is 5. The van der Waals surface area contributed by atoms with Crippen LogP contribution in [0.15, 0.2) is 48.5 Å². The van der Waals surface area contributed by atoms with E-state index in [1.54, 1.807) is 0 Å². The summed E-state index contributed by atoms with van der Waals surface area (Å²) in [7, 11) is 0. The summed E-state index contributed by atoms with van der Waals surface area (Å²) in [4.78, 5) is 20.3. The number of piperidine rings is 1. The quantitative estimate of drug-likeness (QED) is 0.587. The van der Waals surface area contributed by atoms with E-state index >= 15 is 0 Å². The molecule has 0 spiro atoms. The van der Waals surface area contributed by atoms with Crippen molar-refractivity contribution in [3.8, 4) is 0 Å². The molecule has 4 aliphatic rings. The Bertz CT molecular complexity index is 996. The molecule has 3 fully saturated rings. The zero-order chi connectivity index (χ0) is 22.9. The second-order valence-electron chi connectivity index (χ2n) is 10.6. The summed E-state index contributed by atoms with van der Waals surface area (Å²) in [6.07, 6.45) is 8.90. The summed E-state index contributed by atoms with van der Waals surface area (Å²) in [6.45, 7) is 5.67. The lowest BCUT2D eigenvalue weighted by molar-refractivity contribution is 0.0694. The van der Waals surface area contributed by atoms with Crippen molar-refractivity contribution >= 4 is 11.8 Å². The van der Waals surface area contributed by atoms with E-state index in [4.69, 9.17) is 4.74 Å². The van der Waals surface area contributed by atoms with Crippen molar-refractivity contribution in [2.45, 2.75) is 69.6 Å². The summed E-state index contributed by atoms with van der Waals surface area (Å²) < 4.78 is 5.72. The molecule has 2 aromatic carbocycles. The fraction of sp³-hybridized carbons (Fsp3) is 0.552. The van der Waals surface area contributed by atoms with E-state index in [1.165, 1.54) is 62.0 Å². The third-order valence-electron chi connectivity index (χ3n) is 8.68. The van der Waals surface area contributed by atoms with Gasteiger partial charge in [0, 0.05) is 44.5 Å². The molecule has 0 radical (unpaired) electrons. The molecule has 2 atom stereocenters. The fourth-order valence-corrected chi connectivity index (χ4v) is 6.77. The molecule has 5 heteroatoms. The summed E-state index contributed by atoms with van der Waals surface area (Å²) in [6, 6.07) is 18.0. The molecular weight excluding hydrogens is 422 g/mol. The van der Waals surface area contributed by atoms with Crippen LogP contribution in [0.3, 0.4) is 0 Å². The highest BCUT2D eigenvalue weighted by atomic mass is 16.6. The van der Waals surface area contributed by atoms with Crippen LogP contribution in [0.1, 0.15) is 73.6 Å². The van der Waals surface area contributed by atoms with Crippen molar-refractivity contribution < 1.29 is 9.53 Å². The lowest BCUT2D eigenvalue weighted by atomic mass is 9.93. The number of piperazine rings is 1. The van der Waals surface area contributed by atoms with E-state index in [0.717, 1.165) is 44.1 Å². The van der Waals surface area contributed by atoms with Gasteiger partial charge < -0.3 is 14.5 Å². The molecule has 1 amide bonds. The van der Waals surface area contributed by atoms with Gasteiger partial charge in [0.25, 0.3) is 0 Å². The third kappa shape index (κ3) is 4.31. The summed E-state index contributed by atoms with van der Waals surface area (Å²) in [5, 5.41) is 0. The van der Waals surface area contributed by atoms with E-state index in [-0.39, 0.29) is 12.1 Å². The number of benzene rings is 2. The van der Waals surface area contributed by atoms with E-state index in [1.807, 2.05) is 35.2 Å². The Hall–Kier alpha value is -2.53. The highest BCUT2D eigenvalue weighted by Crippen LogP contribution is 2.50. The monoisotopic (exact) mass is 459 g/mol. The number of carbonyl (C=O) groups is 1. The first-order chi connectivity index (χ1) is 16.8. The Labute approximate surface area is 203 Å². The first-order valence-corrected chi connectivity index (χ1v) is 13.4. The Kier molecular flexibility index (Phi) is 6.21. The minimum absolute atomic E-state index is 0.153. The number of amides is 1. The van der Waals surface area contributed by atoms with Gasteiger partial charge in [-0.25, -0.2) is 4.79 Å². The topological polar surface area (TPSA) is 36.0 Å². The molecule has 2 heterocycles. The second kappa shape index (κ2) is 9.61. The molecule has 2 aromatic rings. The summed E-state index contributed by atoms with van der Waals surface area (Å²) in [5.41, 5.74) is 5.17. The van der Waals surface area contributed by atoms with Crippen LogP contribution in [-0.2, 0) is 11.3 Å². The minimum atomic E-state index is -0.174. The molecule has 2 aliphatic carbocycles. The maximum Gasteiger partial charge on any atom is 0.410 e. The van der Waals surface area contributed by atoms with Gasteiger partial charge in [0.15, 0.2) is 0 Å². The van der Waals surface area contributed by atoms with Gasteiger partial charge in [-0.15, -0.1) is 0 Å². The van der Waals surface area contributed by atoms with Gasteiger partial charge >= 0.3 is 6.09 Å². The van der Waals surface area contributed by atoms with Crippen LogP contribution in [0, 0.1) is 0 Å². The Morgan fingerprint density at radius 1 is 0.853 bits per heavy atom. The smallest absolute Gasteiger partial charge is 0.410 e. The van der Waals surface area contributed by atoms with Gasteiger partial charge in [-0.2, -0.15) is 0 Å². The molecule has 0 N–H and O–H groups in total. The standard InChI is InChI=1S/C29H37N3O2/c33-29(34-21-22-7-3-1-4-8-22)32-14-13-23-19-28(32)27-20-25(11-12-26(23)27)31-17-15-30(16-18-31)24-9-5-2-6-10-24/h1,3-4,7-8,11-12,20,23-24,28H,2,5-6,9-10,13-19,21H2/t23?,28-/m0/s1. The van der Waals surface area contributed by atoms with Crippen LogP contribution in [0.4, 0.5) is 10.5 Å². The highest BCUT2D eigenvalue weighted by Gasteiger charge is 2.41. The number of rotatable bonds is 4. The minimum Gasteiger partial charge on any atom is -0.445 e. The number of likely N-dealkylation sites (tertiary alicyclic amines) is 1. The molecule has 6 rings (SSSR count). The lowest BCUT2D eigenvalue weighted by Crippen LogP contribution is -2.50. The number of nitrogens with zero attached hydrogens (tertiary/aromatic N) is 3. The predicted octanol–water partition coefficient (Wildman–Crippen LogP) is 5.71. The van der Waals surface area contributed by atoms with Crippen LogP contribution in [-0.4, -0.2) is 54.7 Å². The molecule has 1 unspecified atom stereocenters. The average Bonchev–Trinajstić information content (AvgIpc) is 3.19. The molecule has 34 heavy (non-hydrogen) atoms. The van der Waals surface area contributed by atoms with Gasteiger partial charge in [-0.3, -0.25) is 4.90 Å². The number of hydrogen-bond donors (Lipinski definition) is 0. The van der Waals surface area contributed by atoms with Gasteiger partial charge in [-0.1, -0.05) is 55.7 Å². The van der Waals surface area contributed by atoms with Crippen molar-refractivity contribution in [1.29, 1.82) is 0 Å². The third-order valence-corrected chi connectivity index (χ3v) is 8.68. The Morgan fingerprint density at radius 2 is 1.65 bits per heavy atom. The molecule has 1 saturated carbocycles. The van der Waals surface area contributed by atoms with Gasteiger partial charge in [-0.05, 0) is 60.4 Å². The maximum absolute atomic E-state index is 13.0. The van der Waals surface area contributed by atoms with Gasteiger partial charge in [0.05, 0.1) is 6.04 Å². The van der Waals surface area contributed by atoms with E-state index < -0.39 is 0 Å². The van der Waals surface area contributed by atoms with Crippen LogP contribution in [0.2, 0.25) is 0 Å². The number of anilines is 1. The van der Waals surface area contributed by atoms with E-state index in [0.29, 0.717) is 12.5 Å². The largest absolute Gasteiger partial charge is 0.445 e. The second-order valence-corrected chi connectivity index (χ2v) is 10.6. The SMILES string of the molecule is O=C(OCc1ccccc1)N1CCC2C[C@H]1c1cc(N3CCN(C4CCCCC4)CC3)ccc12. The van der Waals surface area contributed by atoms with Crippen LogP contribution < -0.4 is 4.90 Å². The zero-order valence-corrected chi connectivity index (χ0v) is 20.2. The van der Waals surface area contributed by atoms with Crippen LogP contribution in [0.25, 0.3) is 0 Å². The molecule has 5 nitrogen and oxygen atoms in total. The maximum atomic E-state index is 13.0. The number of hydrogen-bond acceptors (Lipinski definition) is 4. The molecule has 2 aliphatic heterocycles. The average molecular weight is 460 g/mol. The molecular formula is C29H37N3O2. The van der Waals surface area contributed by atoms with Crippen molar-refractivity contribution in [2.75, 3.05) is 37.6 Å². The highest BCUT2D eigenvalue weighted by molar-refractivity contribution is 5.70. The first kappa shape index (κ1) is 22.0.